The van der Waals surface area contributed by atoms with E-state index in [1.165, 1.54) is 0 Å². The van der Waals surface area contributed by atoms with Gasteiger partial charge in [-0.15, -0.1) is 0 Å². The molecule has 2 amide bonds. The van der Waals surface area contributed by atoms with Gasteiger partial charge in [-0.3, -0.25) is 14.4 Å². The number of likely N-dealkylation sites (N-methyl/N-ethyl adjacent to an activating group) is 1. The van der Waals surface area contributed by atoms with Crippen LogP contribution in [0, 0.1) is 11.8 Å². The molecule has 0 aliphatic rings. The lowest BCUT2D eigenvalue weighted by atomic mass is 10.3. The normalized spacial score (nSPS) is 8.36. The molecule has 0 rings (SSSR count). The molecule has 0 saturated heterocycles. The molecule has 0 bridgehead atoms. The average molecular weight is 197 g/mol. The lowest BCUT2D eigenvalue weighted by Gasteiger charge is -1.99. The van der Waals surface area contributed by atoms with Crippen molar-refractivity contribution in [2.45, 2.75) is 0 Å². The van der Waals surface area contributed by atoms with E-state index in [1.807, 2.05) is 11.8 Å². The molecule has 0 fully saturated rings. The molecule has 0 aliphatic carbocycles. The summed E-state index contributed by atoms with van der Waals surface area (Å²) >= 11 is 0. The topological polar surface area (TPSA) is 101 Å². The summed E-state index contributed by atoms with van der Waals surface area (Å²) in [4.78, 5) is 31.8. The van der Waals surface area contributed by atoms with Crippen molar-refractivity contribution in [1.29, 1.82) is 0 Å². The molecule has 0 atom stereocenters. The van der Waals surface area contributed by atoms with Gasteiger partial charge in [0.15, 0.2) is 0 Å². The van der Waals surface area contributed by atoms with Crippen LogP contribution in [0.3, 0.4) is 0 Å². The molecule has 0 aliphatic heterocycles. The number of Topliss-reactive ketones (excluding diaryl/α,β-unsaturated/α-hetero) is 1. The Morgan fingerprint density at radius 1 is 1.21 bits per heavy atom. The van der Waals surface area contributed by atoms with E-state index < -0.39 is 11.7 Å². The van der Waals surface area contributed by atoms with Gasteiger partial charge in [0.2, 0.25) is 11.7 Å². The van der Waals surface area contributed by atoms with Gasteiger partial charge in [0.25, 0.3) is 5.91 Å². The SMILES string of the molecule is CNCC(=O)NCC(=O)C#CC(N)=O. The lowest BCUT2D eigenvalue weighted by molar-refractivity contribution is -0.122. The fourth-order valence-electron chi connectivity index (χ4n) is 0.577. The summed E-state index contributed by atoms with van der Waals surface area (Å²) in [6.45, 7) is -0.0999. The molecule has 6 heteroatoms. The quantitative estimate of drug-likeness (QED) is 0.339. The van der Waals surface area contributed by atoms with Crippen LogP contribution < -0.4 is 16.4 Å². The minimum absolute atomic E-state index is 0.122. The molecule has 0 saturated carbocycles. The number of carbonyl (C=O) groups excluding carboxylic acids is 3. The zero-order valence-corrected chi connectivity index (χ0v) is 7.72. The fraction of sp³-hybridized carbons (Fsp3) is 0.375. The van der Waals surface area contributed by atoms with Gasteiger partial charge in [-0.2, -0.15) is 0 Å². The van der Waals surface area contributed by atoms with Crippen molar-refractivity contribution >= 4 is 17.6 Å². The number of hydrogen-bond acceptors (Lipinski definition) is 4. The van der Waals surface area contributed by atoms with E-state index in [1.54, 1.807) is 7.05 Å². The highest BCUT2D eigenvalue weighted by Crippen LogP contribution is 1.68. The summed E-state index contributed by atoms with van der Waals surface area (Å²) in [6, 6.07) is 0. The summed E-state index contributed by atoms with van der Waals surface area (Å²) in [5, 5.41) is 4.91. The summed E-state index contributed by atoms with van der Waals surface area (Å²) in [7, 11) is 1.61. The monoisotopic (exact) mass is 197 g/mol. The molecule has 4 N–H and O–H groups in total. The first-order chi connectivity index (χ1) is 6.56. The second kappa shape index (κ2) is 6.62. The minimum Gasteiger partial charge on any atom is -0.359 e. The van der Waals surface area contributed by atoms with E-state index in [0.717, 1.165) is 0 Å². The van der Waals surface area contributed by atoms with Crippen molar-refractivity contribution in [2.24, 2.45) is 5.73 Å². The molecule has 6 nitrogen and oxygen atoms in total. The number of nitrogens with one attached hydrogen (secondary N) is 2. The molecule has 14 heavy (non-hydrogen) atoms. The van der Waals surface area contributed by atoms with Gasteiger partial charge in [-0.05, 0) is 13.0 Å². The highest BCUT2D eigenvalue weighted by atomic mass is 16.2. The van der Waals surface area contributed by atoms with Crippen LogP contribution in [-0.4, -0.2) is 37.7 Å². The zero-order chi connectivity index (χ0) is 11.0. The fourth-order valence-corrected chi connectivity index (χ4v) is 0.577. The molecule has 0 aromatic rings. The van der Waals surface area contributed by atoms with Crippen LogP contribution in [0.4, 0.5) is 0 Å². The summed E-state index contributed by atoms with van der Waals surface area (Å²) in [6.07, 6.45) is 0. The smallest absolute Gasteiger partial charge is 0.293 e. The van der Waals surface area contributed by atoms with Crippen molar-refractivity contribution in [3.63, 3.8) is 0 Å². The number of amides is 2. The summed E-state index contributed by atoms with van der Waals surface area (Å²) < 4.78 is 0. The molecule has 0 aromatic heterocycles. The van der Waals surface area contributed by atoms with E-state index in [9.17, 15) is 14.4 Å². The predicted molar refractivity (Wildman–Crippen MR) is 48.9 cm³/mol. The number of ketones is 1. The Morgan fingerprint density at radius 2 is 1.86 bits per heavy atom. The first-order valence-electron chi connectivity index (χ1n) is 3.82. The maximum atomic E-state index is 10.8. The number of rotatable bonds is 4. The third-order valence-corrected chi connectivity index (χ3v) is 1.11. The number of primary amides is 1. The van der Waals surface area contributed by atoms with Gasteiger partial charge >= 0.3 is 0 Å². The zero-order valence-electron chi connectivity index (χ0n) is 7.72. The van der Waals surface area contributed by atoms with Crippen molar-refractivity contribution in [3.8, 4) is 11.8 Å². The van der Waals surface area contributed by atoms with Crippen LogP contribution in [0.15, 0.2) is 0 Å². The van der Waals surface area contributed by atoms with Crippen molar-refractivity contribution < 1.29 is 14.4 Å². The number of carbonyl (C=O) groups is 3. The van der Waals surface area contributed by atoms with E-state index >= 15 is 0 Å². The maximum Gasteiger partial charge on any atom is 0.293 e. The third kappa shape index (κ3) is 6.82. The molecule has 0 heterocycles. The Labute approximate surface area is 81.2 Å². The number of nitrogens with two attached hydrogens (primary N) is 1. The minimum atomic E-state index is -0.875. The first-order valence-corrected chi connectivity index (χ1v) is 3.82. The van der Waals surface area contributed by atoms with Crippen LogP contribution in [-0.2, 0) is 14.4 Å². The Hall–Kier alpha value is -1.87. The summed E-state index contributed by atoms with van der Waals surface area (Å²) in [5.41, 5.74) is 4.68. The Bertz CT molecular complexity index is 301. The molecule has 0 spiro atoms. The van der Waals surface area contributed by atoms with Crippen LogP contribution >= 0.6 is 0 Å². The van der Waals surface area contributed by atoms with Crippen molar-refractivity contribution in [3.05, 3.63) is 0 Å². The second-order valence-corrected chi connectivity index (χ2v) is 2.34. The largest absolute Gasteiger partial charge is 0.359 e. The number of hydrogen-bond donors (Lipinski definition) is 3. The Kier molecular flexibility index (Phi) is 5.74. The van der Waals surface area contributed by atoms with Gasteiger partial charge in [0, 0.05) is 5.92 Å². The Balaban J connectivity index is 3.82. The second-order valence-electron chi connectivity index (χ2n) is 2.34. The molecular weight excluding hydrogens is 186 g/mol. The predicted octanol–water partition coefficient (Wildman–Crippen LogP) is -2.62. The van der Waals surface area contributed by atoms with Crippen LogP contribution in [0.1, 0.15) is 0 Å². The van der Waals surface area contributed by atoms with Gasteiger partial charge in [0.1, 0.15) is 0 Å². The summed E-state index contributed by atoms with van der Waals surface area (Å²) in [5.74, 6) is 2.10. The van der Waals surface area contributed by atoms with Gasteiger partial charge in [0.05, 0.1) is 13.1 Å². The lowest BCUT2D eigenvalue weighted by Crippen LogP contribution is -2.35. The van der Waals surface area contributed by atoms with E-state index in [0.29, 0.717) is 0 Å². The van der Waals surface area contributed by atoms with Crippen molar-refractivity contribution in [2.75, 3.05) is 20.1 Å². The maximum absolute atomic E-state index is 10.8. The van der Waals surface area contributed by atoms with Crippen LogP contribution in [0.25, 0.3) is 0 Å². The molecule has 0 aromatic carbocycles. The van der Waals surface area contributed by atoms with Gasteiger partial charge < -0.3 is 16.4 Å². The van der Waals surface area contributed by atoms with Gasteiger partial charge in [-0.1, -0.05) is 0 Å². The average Bonchev–Trinajstić information content (AvgIpc) is 2.12. The van der Waals surface area contributed by atoms with E-state index in [2.05, 4.69) is 16.4 Å². The standard InChI is InChI=1S/C8H11N3O3/c1-10-5-8(14)11-4-6(12)2-3-7(9)13/h10H,4-5H2,1H3,(H2,9,13)(H,11,14). The van der Waals surface area contributed by atoms with Crippen LogP contribution in [0.2, 0.25) is 0 Å². The van der Waals surface area contributed by atoms with E-state index in [4.69, 9.17) is 0 Å². The highest BCUT2D eigenvalue weighted by Gasteiger charge is 2.01. The molecule has 76 valence electrons. The first kappa shape index (κ1) is 12.1. The molecule has 0 radical (unpaired) electrons. The van der Waals surface area contributed by atoms with Crippen LogP contribution in [0.5, 0.6) is 0 Å². The molecular formula is C8H11N3O3. The third-order valence-electron chi connectivity index (χ3n) is 1.11. The van der Waals surface area contributed by atoms with Crippen molar-refractivity contribution in [1.82, 2.24) is 10.6 Å². The van der Waals surface area contributed by atoms with Gasteiger partial charge in [-0.25, -0.2) is 0 Å². The highest BCUT2D eigenvalue weighted by molar-refractivity contribution is 6.04. The van der Waals surface area contributed by atoms with E-state index in [-0.39, 0.29) is 19.0 Å². The Morgan fingerprint density at radius 3 is 2.36 bits per heavy atom. The molecule has 0 unspecified atom stereocenters.